The van der Waals surface area contributed by atoms with E-state index < -0.39 is 0 Å². The Morgan fingerprint density at radius 1 is 1.12 bits per heavy atom. The molecule has 2 heterocycles. The Bertz CT molecular complexity index is 432. The molecule has 0 radical (unpaired) electrons. The molecule has 2 aliphatic heterocycles. The fraction of sp³-hybridized carbons (Fsp3) is 0.200. The number of para-hydroxylation sites is 1. The molecule has 0 saturated carbocycles. The molecule has 0 saturated heterocycles. The molecule has 0 N–H and O–H groups in total. The second kappa shape index (κ2) is 4.01. The summed E-state index contributed by atoms with van der Waals surface area (Å²) < 4.78 is 0. The van der Waals surface area contributed by atoms with Crippen molar-refractivity contribution in [3.63, 3.8) is 0 Å². The molecule has 3 rings (SSSR count). The molecular formula is C15H17N. The lowest BCUT2D eigenvalue weighted by molar-refractivity contribution is 1.04. The van der Waals surface area contributed by atoms with E-state index in [4.69, 9.17) is 0 Å². The molecule has 0 spiro atoms. The summed E-state index contributed by atoms with van der Waals surface area (Å²) in [5.41, 5.74) is 6.47. The first-order valence-corrected chi connectivity index (χ1v) is 5.50. The number of allylic oxidation sites excluding steroid dienone is 1. The van der Waals surface area contributed by atoms with Crippen molar-refractivity contribution in [3.05, 3.63) is 55.1 Å². The highest BCUT2D eigenvalue weighted by molar-refractivity contribution is 5.97. The van der Waals surface area contributed by atoms with E-state index in [2.05, 4.69) is 42.8 Å². The van der Waals surface area contributed by atoms with Crippen LogP contribution in [0, 0.1) is 0 Å². The monoisotopic (exact) mass is 211 g/mol. The van der Waals surface area contributed by atoms with E-state index in [0.29, 0.717) is 0 Å². The summed E-state index contributed by atoms with van der Waals surface area (Å²) in [5.74, 6) is 0. The lowest BCUT2D eigenvalue weighted by Crippen LogP contribution is -2.16. The van der Waals surface area contributed by atoms with Crippen molar-refractivity contribution in [3.8, 4) is 0 Å². The maximum absolute atomic E-state index is 4.07. The molecule has 0 fully saturated rings. The van der Waals surface area contributed by atoms with Crippen molar-refractivity contribution in [1.82, 2.24) is 0 Å². The largest absolute Gasteiger partial charge is 0.362 e. The molecule has 0 unspecified atom stereocenters. The van der Waals surface area contributed by atoms with Crippen LogP contribution in [0.3, 0.4) is 0 Å². The molecule has 0 amide bonds. The van der Waals surface area contributed by atoms with Crippen LogP contribution in [-0.2, 0) is 0 Å². The first-order chi connectivity index (χ1) is 7.69. The van der Waals surface area contributed by atoms with Crippen molar-refractivity contribution >= 4 is 16.8 Å². The summed E-state index contributed by atoms with van der Waals surface area (Å²) in [7, 11) is 0. The Morgan fingerprint density at radius 3 is 2.00 bits per heavy atom. The third-order valence-corrected chi connectivity index (χ3v) is 2.88. The van der Waals surface area contributed by atoms with Crippen LogP contribution < -0.4 is 4.90 Å². The van der Waals surface area contributed by atoms with Gasteiger partial charge in [0.15, 0.2) is 0 Å². The van der Waals surface area contributed by atoms with Crippen LogP contribution in [-0.4, -0.2) is 13.1 Å². The number of nitrogens with zero attached hydrogens (tertiary/aromatic N) is 1. The van der Waals surface area contributed by atoms with Crippen LogP contribution in [0.4, 0.5) is 5.69 Å². The predicted molar refractivity (Wildman–Crippen MR) is 72.6 cm³/mol. The van der Waals surface area contributed by atoms with Crippen LogP contribution >= 0.6 is 0 Å². The summed E-state index contributed by atoms with van der Waals surface area (Å²) in [4.78, 5) is 2.36. The highest BCUT2D eigenvalue weighted by atomic mass is 15.2. The molecule has 0 aromatic heterocycles. The SMILES string of the molecule is C=C1CN2CC(=C)c3cccc1c32.C=CC. The lowest BCUT2D eigenvalue weighted by atomic mass is 10.0. The Labute approximate surface area is 97.4 Å². The van der Waals surface area contributed by atoms with Gasteiger partial charge in [0.2, 0.25) is 0 Å². The second-order valence-corrected chi connectivity index (χ2v) is 4.17. The van der Waals surface area contributed by atoms with E-state index in [9.17, 15) is 0 Å². The zero-order valence-corrected chi connectivity index (χ0v) is 9.79. The van der Waals surface area contributed by atoms with Crippen molar-refractivity contribution in [2.24, 2.45) is 0 Å². The number of hydrogen-bond acceptors (Lipinski definition) is 1. The highest BCUT2D eigenvalue weighted by Crippen LogP contribution is 2.44. The lowest BCUT2D eigenvalue weighted by Gasteiger charge is -2.09. The van der Waals surface area contributed by atoms with Gasteiger partial charge in [-0.1, -0.05) is 37.4 Å². The Balaban J connectivity index is 0.000000292. The van der Waals surface area contributed by atoms with Crippen molar-refractivity contribution in [2.75, 3.05) is 18.0 Å². The Morgan fingerprint density at radius 2 is 1.56 bits per heavy atom. The van der Waals surface area contributed by atoms with E-state index >= 15 is 0 Å². The average molecular weight is 211 g/mol. The third kappa shape index (κ3) is 1.49. The van der Waals surface area contributed by atoms with Gasteiger partial charge in [-0.2, -0.15) is 0 Å². The smallest absolute Gasteiger partial charge is 0.0526 e. The zero-order chi connectivity index (χ0) is 11.7. The van der Waals surface area contributed by atoms with Gasteiger partial charge < -0.3 is 4.90 Å². The van der Waals surface area contributed by atoms with Crippen LogP contribution in [0.15, 0.2) is 44.0 Å². The number of hydrogen-bond donors (Lipinski definition) is 0. The maximum Gasteiger partial charge on any atom is 0.0526 e. The molecule has 0 bridgehead atoms. The van der Waals surface area contributed by atoms with Crippen LogP contribution in [0.5, 0.6) is 0 Å². The molecule has 82 valence electrons. The fourth-order valence-corrected chi connectivity index (χ4v) is 2.30. The summed E-state index contributed by atoms with van der Waals surface area (Å²) >= 11 is 0. The van der Waals surface area contributed by atoms with Crippen molar-refractivity contribution in [1.29, 1.82) is 0 Å². The topological polar surface area (TPSA) is 3.24 Å². The van der Waals surface area contributed by atoms with Crippen LogP contribution in [0.2, 0.25) is 0 Å². The van der Waals surface area contributed by atoms with Crippen LogP contribution in [0.25, 0.3) is 11.1 Å². The number of benzene rings is 1. The van der Waals surface area contributed by atoms with E-state index in [-0.39, 0.29) is 0 Å². The molecule has 0 atom stereocenters. The van der Waals surface area contributed by atoms with E-state index in [0.717, 1.165) is 13.1 Å². The standard InChI is InChI=1S/C12H11N.C3H6/c1-8-6-13-7-9(2)11-5-3-4-10(8)12(11)13;1-3-2/h3-5H,1-2,6-7H2;3H,1H2,2H3. The molecule has 1 heteroatoms. The minimum absolute atomic E-state index is 0.978. The van der Waals surface area contributed by atoms with Gasteiger partial charge in [0.25, 0.3) is 0 Å². The number of rotatable bonds is 0. The molecule has 0 aliphatic carbocycles. The average Bonchev–Trinajstić information content (AvgIpc) is 2.73. The second-order valence-electron chi connectivity index (χ2n) is 4.17. The molecule has 16 heavy (non-hydrogen) atoms. The van der Waals surface area contributed by atoms with E-state index in [1.165, 1.54) is 28.0 Å². The third-order valence-electron chi connectivity index (χ3n) is 2.88. The number of anilines is 1. The van der Waals surface area contributed by atoms with Gasteiger partial charge in [-0.05, 0) is 18.1 Å². The normalized spacial score (nSPS) is 15.7. The van der Waals surface area contributed by atoms with Gasteiger partial charge >= 0.3 is 0 Å². The molecule has 1 nitrogen and oxygen atoms in total. The molecular weight excluding hydrogens is 194 g/mol. The maximum atomic E-state index is 4.07. The molecule has 1 aromatic rings. The van der Waals surface area contributed by atoms with Gasteiger partial charge in [-0.3, -0.25) is 0 Å². The highest BCUT2D eigenvalue weighted by Gasteiger charge is 2.30. The van der Waals surface area contributed by atoms with Gasteiger partial charge in [-0.25, -0.2) is 0 Å². The minimum atomic E-state index is 0.978. The van der Waals surface area contributed by atoms with Gasteiger partial charge in [0.1, 0.15) is 0 Å². The van der Waals surface area contributed by atoms with E-state index in [1.54, 1.807) is 6.08 Å². The van der Waals surface area contributed by atoms with Gasteiger partial charge in [0.05, 0.1) is 5.69 Å². The summed E-state index contributed by atoms with van der Waals surface area (Å²) in [5, 5.41) is 0. The zero-order valence-electron chi connectivity index (χ0n) is 9.79. The first kappa shape index (κ1) is 10.7. The summed E-state index contributed by atoms with van der Waals surface area (Å²) in [6, 6.07) is 6.40. The van der Waals surface area contributed by atoms with Crippen molar-refractivity contribution in [2.45, 2.75) is 6.92 Å². The van der Waals surface area contributed by atoms with Gasteiger partial charge in [-0.15, -0.1) is 6.58 Å². The van der Waals surface area contributed by atoms with Crippen LogP contribution in [0.1, 0.15) is 18.1 Å². The predicted octanol–water partition coefficient (Wildman–Crippen LogP) is 3.74. The Hall–Kier alpha value is -1.76. The quantitative estimate of drug-likeness (QED) is 0.591. The molecule has 2 aliphatic rings. The van der Waals surface area contributed by atoms with Crippen molar-refractivity contribution < 1.29 is 0 Å². The summed E-state index contributed by atoms with van der Waals surface area (Å²) in [6.45, 7) is 15.4. The minimum Gasteiger partial charge on any atom is -0.362 e. The Kier molecular flexibility index (Phi) is 2.69. The summed E-state index contributed by atoms with van der Waals surface area (Å²) in [6.07, 6.45) is 1.75. The van der Waals surface area contributed by atoms with E-state index in [1.807, 2.05) is 6.92 Å². The van der Waals surface area contributed by atoms with Gasteiger partial charge in [0, 0.05) is 24.2 Å². The fourth-order valence-electron chi connectivity index (χ4n) is 2.30. The molecule has 1 aromatic carbocycles. The first-order valence-electron chi connectivity index (χ1n) is 5.50.